The van der Waals surface area contributed by atoms with E-state index in [1.54, 1.807) is 0 Å². The standard InChI is InChI=1S/C61H37N4O.Pt/c1-3-17-40(18-4-1)44-24-15-25-45(41-19-5-2-6-20-41)59(44)63-39-64-57-38-43(66-42-32-34-49-48-23-9-12-29-54(48)65(56(49)37-42)58-31-13-14-36-62-58)33-35-52(57)61(53-28-16-30-55(63)60(53)64)50-26-10-7-21-46(50)47-22-8-11-27-51(47)61;/h1-36,39H;/q-3;. The van der Waals surface area contributed by atoms with Crippen LogP contribution in [0.3, 0.4) is 0 Å². The molecule has 11 aromatic rings. The van der Waals surface area contributed by atoms with Gasteiger partial charge in [-0.15, -0.1) is 41.9 Å². The Bertz CT molecular complexity index is 3630. The molecule has 3 aliphatic rings. The summed E-state index contributed by atoms with van der Waals surface area (Å²) in [6, 6.07) is 83.3. The average Bonchev–Trinajstić information content (AvgIpc) is 4.03. The zero-order valence-corrected chi connectivity index (χ0v) is 38.1. The number of hydrogen-bond acceptors (Lipinski definition) is 4. The second kappa shape index (κ2) is 15.3. The summed E-state index contributed by atoms with van der Waals surface area (Å²) >= 11 is 0. The van der Waals surface area contributed by atoms with Gasteiger partial charge in [0.25, 0.3) is 0 Å². The molecule has 5 nitrogen and oxygen atoms in total. The predicted octanol–water partition coefficient (Wildman–Crippen LogP) is 15.0. The Labute approximate surface area is 403 Å². The van der Waals surface area contributed by atoms with Gasteiger partial charge in [0.05, 0.1) is 0 Å². The van der Waals surface area contributed by atoms with Gasteiger partial charge in [0.1, 0.15) is 5.82 Å². The van der Waals surface area contributed by atoms with Crippen LogP contribution in [-0.4, -0.2) is 9.55 Å². The predicted molar refractivity (Wildman–Crippen MR) is 266 cm³/mol. The van der Waals surface area contributed by atoms with Gasteiger partial charge in [0.2, 0.25) is 0 Å². The fraction of sp³-hybridized carbons (Fsp3) is 0.0164. The molecule has 0 radical (unpaired) electrons. The van der Waals surface area contributed by atoms with Crippen LogP contribution in [0.4, 0.5) is 22.7 Å². The topological polar surface area (TPSA) is 33.5 Å². The van der Waals surface area contributed by atoms with E-state index in [1.807, 2.05) is 30.5 Å². The fourth-order valence-corrected chi connectivity index (χ4v) is 11.1. The Balaban J connectivity index is 0.00000446. The molecular formula is C61H37N4OPt-3. The van der Waals surface area contributed by atoms with E-state index in [4.69, 9.17) is 9.72 Å². The minimum atomic E-state index is -0.626. The number of anilines is 4. The quantitative estimate of drug-likeness (QED) is 0.155. The molecule has 0 saturated carbocycles. The largest absolute Gasteiger partial charge is 0.509 e. The summed E-state index contributed by atoms with van der Waals surface area (Å²) in [4.78, 5) is 9.50. The fourth-order valence-electron chi connectivity index (χ4n) is 11.1. The van der Waals surface area contributed by atoms with Crippen molar-refractivity contribution in [3.8, 4) is 50.7 Å². The molecule has 0 bridgehead atoms. The first-order valence-electron chi connectivity index (χ1n) is 22.4. The zero-order valence-electron chi connectivity index (χ0n) is 35.9. The Hall–Kier alpha value is -7.98. The van der Waals surface area contributed by atoms with E-state index in [-0.39, 0.29) is 21.1 Å². The van der Waals surface area contributed by atoms with Crippen molar-refractivity contribution in [1.82, 2.24) is 9.55 Å². The van der Waals surface area contributed by atoms with E-state index in [1.165, 1.54) is 27.8 Å². The molecule has 14 rings (SSSR count). The molecule has 1 spiro atoms. The molecule has 0 saturated heterocycles. The summed E-state index contributed by atoms with van der Waals surface area (Å²) in [6.45, 7) is 2.27. The average molecular weight is 1040 g/mol. The number of benzene rings is 9. The van der Waals surface area contributed by atoms with Crippen LogP contribution in [0.5, 0.6) is 11.5 Å². The van der Waals surface area contributed by atoms with Gasteiger partial charge in [-0.1, -0.05) is 175 Å². The summed E-state index contributed by atoms with van der Waals surface area (Å²) in [7, 11) is 0. The summed E-state index contributed by atoms with van der Waals surface area (Å²) in [5.74, 6) is 2.02. The molecule has 0 unspecified atom stereocenters. The maximum atomic E-state index is 6.89. The molecule has 6 heteroatoms. The summed E-state index contributed by atoms with van der Waals surface area (Å²) < 4.78 is 9.06. The molecular weight excluding hydrogens is 1000 g/mol. The van der Waals surface area contributed by atoms with E-state index in [0.29, 0.717) is 11.5 Å². The number of pyridine rings is 1. The SMILES string of the molecule is [Pt].[c-]1c(Oc2[c-]c3c(cc2)c2ccccc2n3-c2ccccn2)ccc2c1N1[CH-]N(c3c(-c4ccccc4)cccc3-c3ccccc3)c3cccc(c31)C21c2ccccc2-c2ccccc21. The van der Waals surface area contributed by atoms with Gasteiger partial charge in [0.15, 0.2) is 0 Å². The summed E-state index contributed by atoms with van der Waals surface area (Å²) in [6.07, 6.45) is 1.83. The molecule has 0 N–H and O–H groups in total. The van der Waals surface area contributed by atoms with Gasteiger partial charge >= 0.3 is 0 Å². The monoisotopic (exact) mass is 1040 g/mol. The van der Waals surface area contributed by atoms with Crippen LogP contribution < -0.4 is 14.5 Å². The third-order valence-corrected chi connectivity index (χ3v) is 13.7. The molecule has 4 heterocycles. The minimum Gasteiger partial charge on any atom is -0.509 e. The summed E-state index contributed by atoms with van der Waals surface area (Å²) in [5, 5.41) is 2.22. The first-order valence-corrected chi connectivity index (χ1v) is 22.4. The maximum absolute atomic E-state index is 6.89. The first kappa shape index (κ1) is 39.4. The Morgan fingerprint density at radius 2 is 1.04 bits per heavy atom. The molecule has 2 aromatic heterocycles. The molecule has 320 valence electrons. The van der Waals surface area contributed by atoms with Gasteiger partial charge in [-0.25, -0.2) is 4.98 Å². The maximum Gasteiger partial charge on any atom is 0.135 e. The number of rotatable bonds is 6. The second-order valence-corrected chi connectivity index (χ2v) is 17.1. The third-order valence-electron chi connectivity index (χ3n) is 13.7. The molecule has 2 aliphatic heterocycles. The van der Waals surface area contributed by atoms with Crippen LogP contribution in [0.2, 0.25) is 0 Å². The van der Waals surface area contributed by atoms with Crippen molar-refractivity contribution in [2.45, 2.75) is 5.41 Å². The van der Waals surface area contributed by atoms with Crippen molar-refractivity contribution in [1.29, 1.82) is 0 Å². The van der Waals surface area contributed by atoms with Gasteiger partial charge in [-0.3, -0.25) is 0 Å². The smallest absolute Gasteiger partial charge is 0.135 e. The van der Waals surface area contributed by atoms with Gasteiger partial charge in [-0.05, 0) is 68.6 Å². The van der Waals surface area contributed by atoms with Crippen LogP contribution in [0, 0.1) is 18.8 Å². The molecule has 0 atom stereocenters. The van der Waals surface area contributed by atoms with Crippen molar-refractivity contribution in [3.05, 3.63) is 260 Å². The number of hydrogen-bond donors (Lipinski definition) is 0. The van der Waals surface area contributed by atoms with E-state index < -0.39 is 5.41 Å². The van der Waals surface area contributed by atoms with Crippen LogP contribution in [0.15, 0.2) is 219 Å². The Kier molecular flexibility index (Phi) is 9.00. The molecule has 67 heavy (non-hydrogen) atoms. The number of fused-ring (bicyclic) bond motifs is 12. The van der Waals surface area contributed by atoms with E-state index in [2.05, 4.69) is 221 Å². The second-order valence-electron chi connectivity index (χ2n) is 17.1. The van der Waals surface area contributed by atoms with Gasteiger partial charge in [0, 0.05) is 77.9 Å². The Morgan fingerprint density at radius 1 is 0.448 bits per heavy atom. The van der Waals surface area contributed by atoms with Crippen LogP contribution >= 0.6 is 0 Å². The van der Waals surface area contributed by atoms with Crippen molar-refractivity contribution in [3.63, 3.8) is 0 Å². The number of para-hydroxylation sites is 3. The first-order chi connectivity index (χ1) is 32.8. The van der Waals surface area contributed by atoms with Crippen molar-refractivity contribution in [2.24, 2.45) is 0 Å². The third kappa shape index (κ3) is 5.68. The Morgan fingerprint density at radius 3 is 1.76 bits per heavy atom. The van der Waals surface area contributed by atoms with Crippen molar-refractivity contribution < 1.29 is 25.8 Å². The number of ether oxygens (including phenoxy) is 1. The van der Waals surface area contributed by atoms with Gasteiger partial charge < -0.3 is 19.1 Å². The molecule has 0 fully saturated rings. The normalized spacial score (nSPS) is 13.6. The molecule has 9 aromatic carbocycles. The van der Waals surface area contributed by atoms with Crippen LogP contribution in [-0.2, 0) is 26.5 Å². The van der Waals surface area contributed by atoms with Crippen LogP contribution in [0.25, 0.3) is 61.0 Å². The number of nitrogens with zero attached hydrogens (tertiary/aromatic N) is 4. The summed E-state index contributed by atoms with van der Waals surface area (Å²) in [5.41, 5.74) is 17.6. The van der Waals surface area contributed by atoms with Gasteiger partial charge in [-0.2, -0.15) is 12.1 Å². The van der Waals surface area contributed by atoms with Crippen molar-refractivity contribution >= 4 is 44.6 Å². The van der Waals surface area contributed by atoms with Crippen molar-refractivity contribution in [2.75, 3.05) is 9.80 Å². The van der Waals surface area contributed by atoms with E-state index >= 15 is 0 Å². The molecule has 1 aliphatic carbocycles. The number of aromatic nitrogens is 2. The minimum absolute atomic E-state index is 0. The van der Waals surface area contributed by atoms with E-state index in [0.717, 1.165) is 78.2 Å². The van der Waals surface area contributed by atoms with E-state index in [9.17, 15) is 0 Å². The van der Waals surface area contributed by atoms with Crippen LogP contribution in [0.1, 0.15) is 22.3 Å². The molecule has 0 amide bonds. The zero-order chi connectivity index (χ0) is 43.3.